The van der Waals surface area contributed by atoms with E-state index in [0.29, 0.717) is 17.4 Å². The second kappa shape index (κ2) is 57.4. The van der Waals surface area contributed by atoms with Crippen molar-refractivity contribution in [1.82, 2.24) is 5.32 Å². The summed E-state index contributed by atoms with van der Waals surface area (Å²) in [6.45, 7) is 4.72. The van der Waals surface area contributed by atoms with Crippen molar-refractivity contribution in [1.29, 1.82) is 0 Å². The van der Waals surface area contributed by atoms with Crippen molar-refractivity contribution >= 4 is 13.7 Å². The minimum absolute atomic E-state index is 0.0576. The molecule has 0 aromatic heterocycles. The molecule has 0 saturated heterocycles. The second-order valence-corrected chi connectivity index (χ2v) is 24.2. The highest BCUT2D eigenvalue weighted by Gasteiger charge is 2.27. The van der Waals surface area contributed by atoms with Crippen LogP contribution >= 0.6 is 7.82 Å². The quantitative estimate of drug-likeness (QED) is 0.0243. The van der Waals surface area contributed by atoms with Crippen molar-refractivity contribution < 1.29 is 32.9 Å². The normalized spacial score (nSPS) is 14.4. The van der Waals surface area contributed by atoms with E-state index in [1.54, 1.807) is 6.08 Å². The van der Waals surface area contributed by atoms with Crippen molar-refractivity contribution in [3.05, 3.63) is 85.1 Å². The molecule has 0 fully saturated rings. The van der Waals surface area contributed by atoms with Gasteiger partial charge < -0.3 is 19.8 Å². The van der Waals surface area contributed by atoms with E-state index in [2.05, 4.69) is 92.1 Å². The fourth-order valence-electron chi connectivity index (χ4n) is 9.17. The number of hydrogen-bond acceptors (Lipinski definition) is 5. The van der Waals surface area contributed by atoms with E-state index in [-0.39, 0.29) is 19.1 Å². The van der Waals surface area contributed by atoms with E-state index in [4.69, 9.17) is 9.05 Å². The Balaban J connectivity index is 4.18. The predicted molar refractivity (Wildman–Crippen MR) is 332 cm³/mol. The second-order valence-electron chi connectivity index (χ2n) is 22.8. The van der Waals surface area contributed by atoms with Crippen molar-refractivity contribution in [3.8, 4) is 0 Å². The number of nitrogens with one attached hydrogen (secondary N) is 1. The zero-order valence-corrected chi connectivity index (χ0v) is 51.4. The van der Waals surface area contributed by atoms with Gasteiger partial charge in [0, 0.05) is 6.42 Å². The number of phosphoric acid groups is 1. The van der Waals surface area contributed by atoms with Gasteiger partial charge in [0.25, 0.3) is 0 Å². The Morgan fingerprint density at radius 1 is 0.461 bits per heavy atom. The lowest BCUT2D eigenvalue weighted by Gasteiger charge is -2.25. The number of carbonyl (C=O) groups excluding carboxylic acids is 1. The monoisotopic (exact) mass is 1080 g/mol. The summed E-state index contributed by atoms with van der Waals surface area (Å²) in [5.74, 6) is -0.182. The van der Waals surface area contributed by atoms with Crippen LogP contribution in [-0.2, 0) is 18.4 Å². The zero-order chi connectivity index (χ0) is 55.6. The van der Waals surface area contributed by atoms with Gasteiger partial charge in [-0.05, 0) is 70.6 Å². The molecular weight excluding hydrogens is 960 g/mol. The fraction of sp³-hybridized carbons (Fsp3) is 0.776. The largest absolute Gasteiger partial charge is 0.472 e. The van der Waals surface area contributed by atoms with Crippen molar-refractivity contribution in [2.24, 2.45) is 0 Å². The number of carbonyl (C=O) groups is 1. The van der Waals surface area contributed by atoms with E-state index in [0.717, 1.165) is 83.5 Å². The van der Waals surface area contributed by atoms with Crippen LogP contribution in [0.25, 0.3) is 0 Å². The maximum Gasteiger partial charge on any atom is 0.472 e. The van der Waals surface area contributed by atoms with E-state index < -0.39 is 20.0 Å². The number of hydrogen-bond donors (Lipinski definition) is 3. The van der Waals surface area contributed by atoms with E-state index in [1.165, 1.54) is 180 Å². The van der Waals surface area contributed by atoms with Gasteiger partial charge >= 0.3 is 7.82 Å². The van der Waals surface area contributed by atoms with Crippen LogP contribution in [0.3, 0.4) is 0 Å². The lowest BCUT2D eigenvalue weighted by molar-refractivity contribution is -0.870. The summed E-state index contributed by atoms with van der Waals surface area (Å²) in [5.41, 5.74) is 0. The SMILES string of the molecule is CC/C=C\C/C=C\C/C=C\C/C=C\C/C=C\C/C=C\CCCCCCCCCCCCC(=O)NC(COP(=O)(O)OCC[N+](C)(C)C)C(O)/C=C/CCCCCCCCCCCCCCCCCCCCCCCCC. The summed E-state index contributed by atoms with van der Waals surface area (Å²) in [5, 5.41) is 14.0. The molecule has 0 aliphatic carbocycles. The fourth-order valence-corrected chi connectivity index (χ4v) is 9.90. The first-order valence-electron chi connectivity index (χ1n) is 32.0. The Hall–Kier alpha value is -2.32. The van der Waals surface area contributed by atoms with Crippen LogP contribution in [0.5, 0.6) is 0 Å². The van der Waals surface area contributed by atoms with Crippen LogP contribution in [0.2, 0.25) is 0 Å². The van der Waals surface area contributed by atoms with Crippen molar-refractivity contribution in [2.45, 2.75) is 296 Å². The molecule has 0 heterocycles. The third-order valence-corrected chi connectivity index (χ3v) is 15.1. The highest BCUT2D eigenvalue weighted by atomic mass is 31.2. The van der Waals surface area contributed by atoms with Gasteiger partial charge in [-0.1, -0.05) is 292 Å². The van der Waals surface area contributed by atoms with Gasteiger partial charge in [0.1, 0.15) is 13.2 Å². The molecular formula is C67H124N2O6P+. The topological polar surface area (TPSA) is 105 Å². The number of quaternary nitrogens is 1. The Kier molecular flexibility index (Phi) is 55.6. The molecule has 8 nitrogen and oxygen atoms in total. The Labute approximate surface area is 471 Å². The van der Waals surface area contributed by atoms with E-state index >= 15 is 0 Å². The highest BCUT2D eigenvalue weighted by Crippen LogP contribution is 2.43. The molecule has 9 heteroatoms. The lowest BCUT2D eigenvalue weighted by Crippen LogP contribution is -2.45. The third-order valence-electron chi connectivity index (χ3n) is 14.1. The smallest absolute Gasteiger partial charge is 0.387 e. The summed E-state index contributed by atoms with van der Waals surface area (Å²) in [6, 6.07) is -0.855. The third kappa shape index (κ3) is 59.3. The van der Waals surface area contributed by atoms with Gasteiger partial charge in [-0.3, -0.25) is 13.8 Å². The molecule has 0 aromatic carbocycles. The van der Waals surface area contributed by atoms with Crippen LogP contribution < -0.4 is 5.32 Å². The van der Waals surface area contributed by atoms with E-state index in [1.807, 2.05) is 27.2 Å². The molecule has 0 radical (unpaired) electrons. The Morgan fingerprint density at radius 2 is 0.789 bits per heavy atom. The maximum absolute atomic E-state index is 13.0. The summed E-state index contributed by atoms with van der Waals surface area (Å²) >= 11 is 0. The number of nitrogens with zero attached hydrogens (tertiary/aromatic N) is 1. The molecule has 0 aliphatic rings. The standard InChI is InChI=1S/C67H123N2O6P/c1-6-8-10-12-14-16-18-20-22-24-26-28-30-32-33-34-35-37-39-41-43-45-47-49-51-53-55-57-59-61-67(71)68-65(64-75-76(72,73)74-63-62-69(3,4)5)66(70)60-58-56-54-52-50-48-46-44-42-40-38-36-31-29-27-25-23-21-19-17-15-13-11-9-7-2/h8,10,14,16,20,22,26,28,32-33,35,37,58,60,65-66,70H,6-7,9,11-13,15,17-19,21,23-25,27,29-31,34,36,38-57,59,61-64H2,1-5H3,(H-,68,71,72,73)/p+1/b10-8-,16-14-,22-20-,28-26-,33-32-,37-35-,60-58+. The van der Waals surface area contributed by atoms with Crippen LogP contribution in [-0.4, -0.2) is 73.4 Å². The first-order valence-corrected chi connectivity index (χ1v) is 33.5. The van der Waals surface area contributed by atoms with Crippen LogP contribution in [0.15, 0.2) is 85.1 Å². The molecule has 1 amide bonds. The first kappa shape index (κ1) is 73.7. The highest BCUT2D eigenvalue weighted by molar-refractivity contribution is 7.47. The predicted octanol–water partition coefficient (Wildman–Crippen LogP) is 20.0. The molecule has 3 unspecified atom stereocenters. The lowest BCUT2D eigenvalue weighted by atomic mass is 10.0. The molecule has 0 bridgehead atoms. The number of rotatable bonds is 58. The first-order chi connectivity index (χ1) is 37.0. The molecule has 0 rings (SSSR count). The number of likely N-dealkylation sites (N-methyl/N-ethyl adjacent to an activating group) is 1. The van der Waals surface area contributed by atoms with Crippen LogP contribution in [0, 0.1) is 0 Å². The summed E-state index contributed by atoms with van der Waals surface area (Å²) < 4.78 is 23.8. The molecule has 0 spiro atoms. The Morgan fingerprint density at radius 3 is 1.16 bits per heavy atom. The Bertz CT molecular complexity index is 1510. The summed E-state index contributed by atoms with van der Waals surface area (Å²) in [4.78, 5) is 23.4. The summed E-state index contributed by atoms with van der Waals surface area (Å²) in [7, 11) is 1.57. The molecule has 76 heavy (non-hydrogen) atoms. The van der Waals surface area contributed by atoms with Gasteiger partial charge in [0.2, 0.25) is 5.91 Å². The van der Waals surface area contributed by atoms with Crippen molar-refractivity contribution in [3.63, 3.8) is 0 Å². The average molecular weight is 1080 g/mol. The van der Waals surface area contributed by atoms with Gasteiger partial charge in [0.15, 0.2) is 0 Å². The average Bonchev–Trinajstić information content (AvgIpc) is 3.38. The molecule has 442 valence electrons. The maximum atomic E-state index is 13.0. The molecule has 0 saturated carbocycles. The number of amides is 1. The summed E-state index contributed by atoms with van der Waals surface area (Å²) in [6.07, 6.45) is 81.2. The van der Waals surface area contributed by atoms with Gasteiger partial charge in [-0.25, -0.2) is 4.57 Å². The van der Waals surface area contributed by atoms with Crippen LogP contribution in [0.1, 0.15) is 284 Å². The number of allylic oxidation sites excluding steroid dienone is 13. The number of unbranched alkanes of at least 4 members (excludes halogenated alkanes) is 33. The molecule has 3 N–H and O–H groups in total. The van der Waals surface area contributed by atoms with Gasteiger partial charge in [0.05, 0.1) is 39.9 Å². The van der Waals surface area contributed by atoms with Gasteiger partial charge in [-0.15, -0.1) is 0 Å². The molecule has 3 atom stereocenters. The zero-order valence-electron chi connectivity index (χ0n) is 50.5. The number of phosphoric ester groups is 1. The minimum atomic E-state index is -4.36. The number of aliphatic hydroxyl groups is 1. The molecule has 0 aliphatic heterocycles. The minimum Gasteiger partial charge on any atom is -0.387 e. The van der Waals surface area contributed by atoms with E-state index in [9.17, 15) is 19.4 Å². The van der Waals surface area contributed by atoms with Gasteiger partial charge in [-0.2, -0.15) is 0 Å². The molecule has 0 aromatic rings. The number of aliphatic hydroxyl groups excluding tert-OH is 1. The van der Waals surface area contributed by atoms with Crippen molar-refractivity contribution in [2.75, 3.05) is 40.9 Å². The van der Waals surface area contributed by atoms with Crippen LogP contribution in [0.4, 0.5) is 0 Å².